The minimum absolute atomic E-state index is 0.0588. The van der Waals surface area contributed by atoms with Gasteiger partial charge in [0.1, 0.15) is 22.1 Å². The van der Waals surface area contributed by atoms with Crippen molar-refractivity contribution in [1.29, 1.82) is 0 Å². The van der Waals surface area contributed by atoms with Gasteiger partial charge in [0.15, 0.2) is 0 Å². The highest BCUT2D eigenvalue weighted by atomic mass is 32.2. The zero-order valence-electron chi connectivity index (χ0n) is 14.9. The van der Waals surface area contributed by atoms with Crippen LogP contribution in [0.1, 0.15) is 18.9 Å². The lowest BCUT2D eigenvalue weighted by Gasteiger charge is -2.10. The number of ether oxygens (including phenoxy) is 3. The van der Waals surface area contributed by atoms with Gasteiger partial charge in [0, 0.05) is 6.07 Å². The van der Waals surface area contributed by atoms with Gasteiger partial charge in [-0.2, -0.15) is 18.4 Å². The SMILES string of the molecule is CCCOc1cccc(/C=N/NS(=O)(=O)c2cc(OC)ccc2OC)c1. The second-order valence-corrected chi connectivity index (χ2v) is 6.92. The van der Waals surface area contributed by atoms with Gasteiger partial charge < -0.3 is 14.2 Å². The lowest BCUT2D eigenvalue weighted by Crippen LogP contribution is -2.19. The topological polar surface area (TPSA) is 86.2 Å². The third-order valence-electron chi connectivity index (χ3n) is 3.38. The van der Waals surface area contributed by atoms with Crippen LogP contribution >= 0.6 is 0 Å². The predicted octanol–water partition coefficient (Wildman–Crippen LogP) is 2.81. The van der Waals surface area contributed by atoms with Crippen molar-refractivity contribution in [3.63, 3.8) is 0 Å². The van der Waals surface area contributed by atoms with Crippen molar-refractivity contribution in [3.05, 3.63) is 48.0 Å². The molecule has 0 saturated heterocycles. The lowest BCUT2D eigenvalue weighted by molar-refractivity contribution is 0.317. The predicted molar refractivity (Wildman–Crippen MR) is 99.7 cm³/mol. The van der Waals surface area contributed by atoms with E-state index in [4.69, 9.17) is 14.2 Å². The van der Waals surface area contributed by atoms with Gasteiger partial charge >= 0.3 is 0 Å². The number of nitrogens with one attached hydrogen (secondary N) is 1. The highest BCUT2D eigenvalue weighted by Crippen LogP contribution is 2.27. The molecule has 26 heavy (non-hydrogen) atoms. The number of hydrogen-bond donors (Lipinski definition) is 1. The molecule has 2 rings (SSSR count). The zero-order chi connectivity index (χ0) is 19.0. The molecule has 8 heteroatoms. The molecule has 0 aliphatic rings. The number of hydrazone groups is 1. The Bertz CT molecular complexity index is 866. The van der Waals surface area contributed by atoms with E-state index in [1.165, 1.54) is 32.6 Å². The van der Waals surface area contributed by atoms with Gasteiger partial charge in [-0.1, -0.05) is 19.1 Å². The minimum Gasteiger partial charge on any atom is -0.497 e. The Morgan fingerprint density at radius 3 is 2.58 bits per heavy atom. The average molecular weight is 378 g/mol. The first-order valence-corrected chi connectivity index (χ1v) is 9.48. The van der Waals surface area contributed by atoms with Crippen molar-refractivity contribution in [2.24, 2.45) is 5.10 Å². The molecule has 0 saturated carbocycles. The summed E-state index contributed by atoms with van der Waals surface area (Å²) in [4.78, 5) is 2.12. The quantitative estimate of drug-likeness (QED) is 0.536. The Balaban J connectivity index is 2.16. The van der Waals surface area contributed by atoms with Gasteiger partial charge in [-0.3, -0.25) is 0 Å². The summed E-state index contributed by atoms with van der Waals surface area (Å²) >= 11 is 0. The maximum absolute atomic E-state index is 12.5. The molecular formula is C18H22N2O5S. The van der Waals surface area contributed by atoms with Crippen LogP contribution in [0.3, 0.4) is 0 Å². The Morgan fingerprint density at radius 2 is 1.88 bits per heavy atom. The van der Waals surface area contributed by atoms with Gasteiger partial charge in [-0.25, -0.2) is 0 Å². The molecule has 2 aromatic rings. The molecule has 0 radical (unpaired) electrons. The number of rotatable bonds is 9. The van der Waals surface area contributed by atoms with E-state index in [0.717, 1.165) is 6.42 Å². The molecule has 0 aliphatic heterocycles. The van der Waals surface area contributed by atoms with Crippen molar-refractivity contribution < 1.29 is 22.6 Å². The molecule has 0 atom stereocenters. The molecule has 0 fully saturated rings. The van der Waals surface area contributed by atoms with Crippen LogP contribution in [0.4, 0.5) is 0 Å². The van der Waals surface area contributed by atoms with Crippen molar-refractivity contribution >= 4 is 16.2 Å². The van der Waals surface area contributed by atoms with Gasteiger partial charge in [0.25, 0.3) is 10.0 Å². The first-order valence-electron chi connectivity index (χ1n) is 8.00. The highest BCUT2D eigenvalue weighted by Gasteiger charge is 2.19. The van der Waals surface area contributed by atoms with Crippen molar-refractivity contribution in [2.45, 2.75) is 18.2 Å². The smallest absolute Gasteiger partial charge is 0.280 e. The van der Waals surface area contributed by atoms with Gasteiger partial charge in [-0.05, 0) is 36.2 Å². The van der Waals surface area contributed by atoms with Crippen LogP contribution in [0.25, 0.3) is 0 Å². The molecular weight excluding hydrogens is 356 g/mol. The van der Waals surface area contributed by atoms with Crippen molar-refractivity contribution in [1.82, 2.24) is 4.83 Å². The molecule has 0 heterocycles. The highest BCUT2D eigenvalue weighted by molar-refractivity contribution is 7.89. The van der Waals surface area contributed by atoms with Crippen molar-refractivity contribution in [2.75, 3.05) is 20.8 Å². The summed E-state index contributed by atoms with van der Waals surface area (Å²) in [5.41, 5.74) is 0.707. The first-order chi connectivity index (χ1) is 12.5. The van der Waals surface area contributed by atoms with E-state index in [-0.39, 0.29) is 10.6 Å². The van der Waals surface area contributed by atoms with E-state index in [2.05, 4.69) is 9.93 Å². The number of sulfonamides is 1. The molecule has 0 aliphatic carbocycles. The Kier molecular flexibility index (Phi) is 6.85. The summed E-state index contributed by atoms with van der Waals surface area (Å²) in [6.45, 7) is 2.63. The van der Waals surface area contributed by atoms with Crippen LogP contribution < -0.4 is 19.0 Å². The Hall–Kier alpha value is -2.74. The molecule has 0 bridgehead atoms. The second kappa shape index (κ2) is 9.10. The molecule has 0 amide bonds. The van der Waals surface area contributed by atoms with Gasteiger partial charge in [-0.15, -0.1) is 0 Å². The molecule has 7 nitrogen and oxygen atoms in total. The molecule has 0 spiro atoms. The van der Waals surface area contributed by atoms with Gasteiger partial charge in [0.2, 0.25) is 0 Å². The Labute approximate surface area is 153 Å². The zero-order valence-corrected chi connectivity index (χ0v) is 15.7. The van der Waals surface area contributed by atoms with E-state index >= 15 is 0 Å². The van der Waals surface area contributed by atoms with E-state index < -0.39 is 10.0 Å². The molecule has 0 unspecified atom stereocenters. The van der Waals surface area contributed by atoms with E-state index in [1.807, 2.05) is 19.1 Å². The summed E-state index contributed by atoms with van der Waals surface area (Å²) in [6.07, 6.45) is 2.31. The summed E-state index contributed by atoms with van der Waals surface area (Å²) < 4.78 is 40.7. The number of benzene rings is 2. The first kappa shape index (κ1) is 19.6. The summed E-state index contributed by atoms with van der Waals surface area (Å²) in [6, 6.07) is 11.7. The third-order valence-corrected chi connectivity index (χ3v) is 4.62. The van der Waals surface area contributed by atoms with Crippen LogP contribution in [0, 0.1) is 0 Å². The second-order valence-electron chi connectivity index (χ2n) is 5.29. The molecule has 140 valence electrons. The molecule has 1 N–H and O–H groups in total. The van der Waals surface area contributed by atoms with Crippen LogP contribution in [0.5, 0.6) is 17.2 Å². The standard InChI is InChI=1S/C18H22N2O5S/c1-4-10-25-16-7-5-6-14(11-16)13-19-20-26(21,22)18-12-15(23-2)8-9-17(18)24-3/h5-9,11-13,20H,4,10H2,1-3H3/b19-13+. The Morgan fingerprint density at radius 1 is 1.08 bits per heavy atom. The maximum atomic E-state index is 12.5. The maximum Gasteiger partial charge on any atom is 0.280 e. The summed E-state index contributed by atoms with van der Waals surface area (Å²) in [5.74, 6) is 1.30. The summed E-state index contributed by atoms with van der Waals surface area (Å²) in [7, 11) is -1.06. The minimum atomic E-state index is -3.91. The summed E-state index contributed by atoms with van der Waals surface area (Å²) in [5, 5.41) is 3.83. The average Bonchev–Trinajstić information content (AvgIpc) is 2.66. The van der Waals surface area contributed by atoms with Gasteiger partial charge in [0.05, 0.1) is 27.0 Å². The number of hydrogen-bond acceptors (Lipinski definition) is 6. The van der Waals surface area contributed by atoms with E-state index in [0.29, 0.717) is 23.7 Å². The van der Waals surface area contributed by atoms with Crippen molar-refractivity contribution in [3.8, 4) is 17.2 Å². The fourth-order valence-corrected chi connectivity index (χ4v) is 3.10. The third kappa shape index (κ3) is 5.13. The van der Waals surface area contributed by atoms with Crippen LogP contribution in [-0.4, -0.2) is 35.5 Å². The number of nitrogens with zero attached hydrogens (tertiary/aromatic N) is 1. The molecule has 2 aromatic carbocycles. The van der Waals surface area contributed by atoms with Crippen LogP contribution in [-0.2, 0) is 10.0 Å². The van der Waals surface area contributed by atoms with Crippen LogP contribution in [0.15, 0.2) is 52.5 Å². The van der Waals surface area contributed by atoms with E-state index in [9.17, 15) is 8.42 Å². The van der Waals surface area contributed by atoms with Crippen LogP contribution in [0.2, 0.25) is 0 Å². The lowest BCUT2D eigenvalue weighted by atomic mass is 10.2. The largest absolute Gasteiger partial charge is 0.497 e. The molecule has 0 aromatic heterocycles. The fourth-order valence-electron chi connectivity index (χ4n) is 2.12. The fraction of sp³-hybridized carbons (Fsp3) is 0.278. The van der Waals surface area contributed by atoms with E-state index in [1.54, 1.807) is 18.2 Å². The number of methoxy groups -OCH3 is 2. The monoisotopic (exact) mass is 378 g/mol. The normalized spacial score (nSPS) is 11.3.